The topological polar surface area (TPSA) is 15.3 Å². The van der Waals surface area contributed by atoms with E-state index in [0.29, 0.717) is 11.6 Å². The molecule has 1 N–H and O–H groups in total. The molecule has 0 bridgehead atoms. The maximum atomic E-state index is 3.65. The summed E-state index contributed by atoms with van der Waals surface area (Å²) in [5.74, 6) is 0. The van der Waals surface area contributed by atoms with Crippen LogP contribution in [0.1, 0.15) is 60.8 Å². The molecule has 16 heavy (non-hydrogen) atoms. The first-order valence-corrected chi connectivity index (χ1v) is 6.78. The second kappa shape index (κ2) is 5.05. The molecule has 1 saturated heterocycles. The molecular weight excluding hydrogens is 196 g/mol. The fraction of sp³-hybridized carbons (Fsp3) is 1.00. The Morgan fingerprint density at radius 3 is 2.31 bits per heavy atom. The average Bonchev–Trinajstić information content (AvgIpc) is 2.46. The number of likely N-dealkylation sites (tertiary alicyclic amines) is 1. The van der Waals surface area contributed by atoms with Crippen molar-refractivity contribution in [2.24, 2.45) is 0 Å². The van der Waals surface area contributed by atoms with Gasteiger partial charge in [-0.2, -0.15) is 0 Å². The number of rotatable bonds is 4. The van der Waals surface area contributed by atoms with Gasteiger partial charge >= 0.3 is 0 Å². The molecule has 1 aliphatic rings. The Balaban J connectivity index is 2.54. The normalized spacial score (nSPS) is 23.6. The first-order valence-electron chi connectivity index (χ1n) is 6.78. The molecule has 0 radical (unpaired) electrons. The summed E-state index contributed by atoms with van der Waals surface area (Å²) in [6.45, 7) is 16.2. The molecule has 0 aromatic carbocycles. The Hall–Kier alpha value is -0.0800. The Bertz CT molecular complexity index is 215. The van der Waals surface area contributed by atoms with E-state index >= 15 is 0 Å². The van der Waals surface area contributed by atoms with E-state index in [9.17, 15) is 0 Å². The van der Waals surface area contributed by atoms with Gasteiger partial charge in [0.25, 0.3) is 0 Å². The van der Waals surface area contributed by atoms with Gasteiger partial charge in [0.1, 0.15) is 0 Å². The zero-order chi connectivity index (χ0) is 12.4. The van der Waals surface area contributed by atoms with Crippen molar-refractivity contribution in [2.45, 2.75) is 77.9 Å². The molecule has 0 saturated carbocycles. The fourth-order valence-corrected chi connectivity index (χ4v) is 2.70. The maximum absolute atomic E-state index is 3.65. The van der Waals surface area contributed by atoms with E-state index in [-0.39, 0.29) is 5.54 Å². The summed E-state index contributed by atoms with van der Waals surface area (Å²) >= 11 is 0. The van der Waals surface area contributed by atoms with Crippen molar-refractivity contribution >= 4 is 0 Å². The largest absolute Gasteiger partial charge is 0.311 e. The molecule has 1 aliphatic heterocycles. The van der Waals surface area contributed by atoms with Gasteiger partial charge in [-0.1, -0.05) is 6.92 Å². The predicted molar refractivity (Wildman–Crippen MR) is 71.9 cm³/mol. The van der Waals surface area contributed by atoms with Crippen LogP contribution in [0, 0.1) is 0 Å². The molecule has 0 aromatic rings. The molecule has 1 atom stereocenters. The van der Waals surface area contributed by atoms with E-state index in [1.165, 1.54) is 25.8 Å². The lowest BCUT2D eigenvalue weighted by atomic mass is 9.99. The highest BCUT2D eigenvalue weighted by molar-refractivity contribution is 4.93. The van der Waals surface area contributed by atoms with Crippen LogP contribution in [0.4, 0.5) is 0 Å². The van der Waals surface area contributed by atoms with Gasteiger partial charge < -0.3 is 5.32 Å². The number of nitrogens with zero attached hydrogens (tertiary/aromatic N) is 1. The van der Waals surface area contributed by atoms with Crippen LogP contribution in [-0.4, -0.2) is 35.1 Å². The smallest absolute Gasteiger partial charge is 0.0223 e. The van der Waals surface area contributed by atoms with Crippen molar-refractivity contribution in [3.63, 3.8) is 0 Å². The quantitative estimate of drug-likeness (QED) is 0.792. The van der Waals surface area contributed by atoms with Crippen LogP contribution in [0.2, 0.25) is 0 Å². The zero-order valence-electron chi connectivity index (χ0n) is 12.1. The minimum atomic E-state index is 0.233. The SMILES string of the molecule is CCC(CNC(C)(C)C)N1CCCC1(C)C. The van der Waals surface area contributed by atoms with Crippen molar-refractivity contribution < 1.29 is 0 Å². The van der Waals surface area contributed by atoms with E-state index in [1.54, 1.807) is 0 Å². The lowest BCUT2D eigenvalue weighted by Gasteiger charge is -2.39. The van der Waals surface area contributed by atoms with Crippen LogP contribution in [0.15, 0.2) is 0 Å². The van der Waals surface area contributed by atoms with Crippen molar-refractivity contribution in [1.29, 1.82) is 0 Å². The molecule has 0 amide bonds. The summed E-state index contributed by atoms with van der Waals surface area (Å²) in [7, 11) is 0. The molecular formula is C14H30N2. The number of hydrogen-bond acceptors (Lipinski definition) is 2. The minimum Gasteiger partial charge on any atom is -0.311 e. The summed E-state index contributed by atoms with van der Waals surface area (Å²) in [6, 6.07) is 0.691. The van der Waals surface area contributed by atoms with E-state index in [4.69, 9.17) is 0 Å². The maximum Gasteiger partial charge on any atom is 0.0223 e. The van der Waals surface area contributed by atoms with Gasteiger partial charge in [0, 0.05) is 23.7 Å². The Morgan fingerprint density at radius 2 is 1.94 bits per heavy atom. The standard InChI is InChI=1S/C14H30N2/c1-7-12(11-15-13(2,3)4)16-10-8-9-14(16,5)6/h12,15H,7-11H2,1-6H3. The molecule has 2 heteroatoms. The molecule has 1 fully saturated rings. The van der Waals surface area contributed by atoms with Crippen molar-refractivity contribution in [1.82, 2.24) is 10.2 Å². The van der Waals surface area contributed by atoms with Crippen LogP contribution in [0.25, 0.3) is 0 Å². The van der Waals surface area contributed by atoms with Crippen LogP contribution in [0.5, 0.6) is 0 Å². The molecule has 1 rings (SSSR count). The number of hydrogen-bond donors (Lipinski definition) is 1. The number of nitrogens with one attached hydrogen (secondary N) is 1. The van der Waals surface area contributed by atoms with Gasteiger partial charge in [0.15, 0.2) is 0 Å². The summed E-state index contributed by atoms with van der Waals surface area (Å²) in [5, 5.41) is 3.65. The van der Waals surface area contributed by atoms with E-state index in [2.05, 4.69) is 51.8 Å². The summed E-state index contributed by atoms with van der Waals surface area (Å²) < 4.78 is 0. The van der Waals surface area contributed by atoms with Gasteiger partial charge in [0.05, 0.1) is 0 Å². The molecule has 2 nitrogen and oxygen atoms in total. The molecule has 96 valence electrons. The highest BCUT2D eigenvalue weighted by Gasteiger charge is 2.35. The van der Waals surface area contributed by atoms with Gasteiger partial charge in [-0.05, 0) is 60.4 Å². The summed E-state index contributed by atoms with van der Waals surface area (Å²) in [4.78, 5) is 2.70. The third-order valence-electron chi connectivity index (χ3n) is 3.75. The summed E-state index contributed by atoms with van der Waals surface area (Å²) in [6.07, 6.45) is 3.95. The highest BCUT2D eigenvalue weighted by Crippen LogP contribution is 2.31. The summed E-state index contributed by atoms with van der Waals surface area (Å²) in [5.41, 5.74) is 0.636. The second-order valence-corrected chi connectivity index (χ2v) is 6.80. The van der Waals surface area contributed by atoms with Gasteiger partial charge in [-0.3, -0.25) is 4.90 Å². The third kappa shape index (κ3) is 3.74. The Morgan fingerprint density at radius 1 is 1.31 bits per heavy atom. The second-order valence-electron chi connectivity index (χ2n) is 6.80. The molecule has 0 spiro atoms. The first-order chi connectivity index (χ1) is 7.26. The van der Waals surface area contributed by atoms with Gasteiger partial charge in [-0.15, -0.1) is 0 Å². The van der Waals surface area contributed by atoms with Crippen LogP contribution >= 0.6 is 0 Å². The lowest BCUT2D eigenvalue weighted by Crippen LogP contribution is -2.52. The van der Waals surface area contributed by atoms with E-state index in [0.717, 1.165) is 6.54 Å². The van der Waals surface area contributed by atoms with E-state index in [1.807, 2.05) is 0 Å². The zero-order valence-corrected chi connectivity index (χ0v) is 12.1. The first kappa shape index (κ1) is 14.0. The average molecular weight is 226 g/mol. The van der Waals surface area contributed by atoms with Crippen molar-refractivity contribution in [2.75, 3.05) is 13.1 Å². The molecule has 1 unspecified atom stereocenters. The Kier molecular flexibility index (Phi) is 4.42. The van der Waals surface area contributed by atoms with Crippen LogP contribution < -0.4 is 5.32 Å². The van der Waals surface area contributed by atoms with Crippen molar-refractivity contribution in [3.05, 3.63) is 0 Å². The minimum absolute atomic E-state index is 0.233. The van der Waals surface area contributed by atoms with Crippen LogP contribution in [-0.2, 0) is 0 Å². The van der Waals surface area contributed by atoms with Gasteiger partial charge in [-0.25, -0.2) is 0 Å². The van der Waals surface area contributed by atoms with Crippen LogP contribution in [0.3, 0.4) is 0 Å². The molecule has 1 heterocycles. The van der Waals surface area contributed by atoms with E-state index < -0.39 is 0 Å². The molecule has 0 aromatic heterocycles. The Labute approximate surface area is 102 Å². The highest BCUT2D eigenvalue weighted by atomic mass is 15.2. The predicted octanol–water partition coefficient (Wildman–Crippen LogP) is 3.03. The van der Waals surface area contributed by atoms with Crippen molar-refractivity contribution in [3.8, 4) is 0 Å². The third-order valence-corrected chi connectivity index (χ3v) is 3.75. The monoisotopic (exact) mass is 226 g/mol. The lowest BCUT2D eigenvalue weighted by molar-refractivity contribution is 0.106. The fourth-order valence-electron chi connectivity index (χ4n) is 2.70. The molecule has 0 aliphatic carbocycles. The van der Waals surface area contributed by atoms with Gasteiger partial charge in [0.2, 0.25) is 0 Å².